The van der Waals surface area contributed by atoms with Gasteiger partial charge < -0.3 is 45.0 Å². The monoisotopic (exact) mass is 804 g/mol. The highest BCUT2D eigenvalue weighted by molar-refractivity contribution is 5.95. The van der Waals surface area contributed by atoms with Crippen molar-refractivity contribution < 1.29 is 56.8 Å². The van der Waals surface area contributed by atoms with Crippen LogP contribution in [0.1, 0.15) is 116 Å². The molecule has 0 heterocycles. The summed E-state index contributed by atoms with van der Waals surface area (Å²) in [6, 6.07) is 8.45. The van der Waals surface area contributed by atoms with E-state index in [9.17, 15) is 33.2 Å². The molecule has 318 valence electrons. The number of rotatable bonds is 12. The molecule has 0 bridgehead atoms. The van der Waals surface area contributed by atoms with Gasteiger partial charge in [0.05, 0.1) is 7.11 Å². The van der Waals surface area contributed by atoms with Crippen molar-refractivity contribution in [1.82, 2.24) is 21.3 Å². The fraction of sp³-hybridized carbons (Fsp3) is 0.561. The van der Waals surface area contributed by atoms with Gasteiger partial charge in [-0.1, -0.05) is 19.1 Å². The predicted molar refractivity (Wildman–Crippen MR) is 211 cm³/mol. The molecule has 2 rings (SSSR count). The van der Waals surface area contributed by atoms with Crippen LogP contribution in [0, 0.1) is 5.82 Å². The van der Waals surface area contributed by atoms with Crippen LogP contribution in [-0.4, -0.2) is 90.6 Å². The Kier molecular flexibility index (Phi) is 18.5. The molecule has 16 heteroatoms. The number of aryl methyl sites for hydroxylation is 1. The number of halogens is 1. The number of carbonyl (C=O) groups excluding carboxylic acids is 6. The van der Waals surface area contributed by atoms with E-state index in [4.69, 9.17) is 23.7 Å². The van der Waals surface area contributed by atoms with E-state index in [1.165, 1.54) is 13.2 Å². The normalized spacial score (nSPS) is 12.6. The highest BCUT2D eigenvalue weighted by Crippen LogP contribution is 2.17. The zero-order valence-electron chi connectivity index (χ0n) is 35.7. The number of alkyl carbamates (subject to hydrolysis) is 2. The van der Waals surface area contributed by atoms with E-state index in [0.717, 1.165) is 24.1 Å². The van der Waals surface area contributed by atoms with Crippen LogP contribution in [0.15, 0.2) is 42.5 Å². The molecule has 2 atom stereocenters. The van der Waals surface area contributed by atoms with E-state index in [2.05, 4.69) is 21.3 Å². The third-order valence-corrected chi connectivity index (χ3v) is 6.66. The summed E-state index contributed by atoms with van der Waals surface area (Å²) in [7, 11) is 1.35. The Hall–Kier alpha value is -5.41. The number of hydrogen-bond donors (Lipinski definition) is 4. The van der Waals surface area contributed by atoms with Gasteiger partial charge in [-0.05, 0) is 119 Å². The van der Waals surface area contributed by atoms with Crippen molar-refractivity contribution >= 4 is 35.9 Å². The smallest absolute Gasteiger partial charge is 0.408 e. The lowest BCUT2D eigenvalue weighted by molar-refractivity contribution is -0.158. The highest BCUT2D eigenvalue weighted by atomic mass is 19.1. The molecule has 0 saturated carbocycles. The number of nitrogens with one attached hydrogen (secondary N) is 4. The van der Waals surface area contributed by atoms with Crippen LogP contribution in [0.2, 0.25) is 0 Å². The minimum absolute atomic E-state index is 0.00190. The van der Waals surface area contributed by atoms with Crippen molar-refractivity contribution in [2.45, 2.75) is 131 Å². The van der Waals surface area contributed by atoms with Crippen molar-refractivity contribution in [2.75, 3.05) is 20.2 Å². The number of esters is 2. The van der Waals surface area contributed by atoms with Gasteiger partial charge in [0.2, 0.25) is 0 Å². The summed E-state index contributed by atoms with van der Waals surface area (Å²) in [5, 5.41) is 10.0. The maximum atomic E-state index is 13.6. The minimum Gasteiger partial charge on any atom is -0.497 e. The number of methoxy groups -OCH3 is 1. The minimum atomic E-state index is -1.21. The molecule has 0 unspecified atom stereocenters. The van der Waals surface area contributed by atoms with Crippen LogP contribution in [0.5, 0.6) is 5.75 Å². The second kappa shape index (κ2) is 21.2. The Morgan fingerprint density at radius 1 is 0.596 bits per heavy atom. The molecule has 4 amide bonds. The van der Waals surface area contributed by atoms with E-state index in [-0.39, 0.29) is 30.3 Å². The van der Waals surface area contributed by atoms with Crippen LogP contribution in [0.3, 0.4) is 0 Å². The van der Waals surface area contributed by atoms with Gasteiger partial charge in [-0.3, -0.25) is 9.59 Å². The summed E-state index contributed by atoms with van der Waals surface area (Å²) in [5.41, 5.74) is -1.50. The van der Waals surface area contributed by atoms with Gasteiger partial charge in [-0.2, -0.15) is 0 Å². The first-order valence-corrected chi connectivity index (χ1v) is 18.5. The van der Waals surface area contributed by atoms with E-state index in [0.29, 0.717) is 5.56 Å². The van der Waals surface area contributed by atoms with Crippen LogP contribution in [-0.2, 0) is 35.0 Å². The van der Waals surface area contributed by atoms with Gasteiger partial charge in [0, 0.05) is 30.3 Å². The lowest BCUT2D eigenvalue weighted by Gasteiger charge is -2.26. The van der Waals surface area contributed by atoms with Gasteiger partial charge in [-0.15, -0.1) is 0 Å². The molecule has 0 aliphatic heterocycles. The molecular formula is C41H61FN4O11. The molecule has 2 aromatic rings. The highest BCUT2D eigenvalue weighted by Gasteiger charge is 2.31. The Morgan fingerprint density at radius 3 is 1.40 bits per heavy atom. The van der Waals surface area contributed by atoms with Crippen molar-refractivity contribution in [3.63, 3.8) is 0 Å². The van der Waals surface area contributed by atoms with Gasteiger partial charge >= 0.3 is 24.1 Å². The number of amides is 4. The summed E-state index contributed by atoms with van der Waals surface area (Å²) in [5.74, 6) is -2.87. The molecular weight excluding hydrogens is 743 g/mol. The van der Waals surface area contributed by atoms with Crippen molar-refractivity contribution in [3.8, 4) is 5.75 Å². The fourth-order valence-corrected chi connectivity index (χ4v) is 4.37. The number of ether oxygens (including phenoxy) is 5. The molecule has 0 aliphatic rings. The van der Waals surface area contributed by atoms with Crippen molar-refractivity contribution in [1.29, 1.82) is 0 Å². The molecule has 4 N–H and O–H groups in total. The fourth-order valence-electron chi connectivity index (χ4n) is 4.37. The average Bonchev–Trinajstić information content (AvgIpc) is 3.04. The molecule has 15 nitrogen and oxygen atoms in total. The van der Waals surface area contributed by atoms with E-state index in [1.54, 1.807) is 101 Å². The van der Waals surface area contributed by atoms with Crippen LogP contribution in [0.4, 0.5) is 14.0 Å². The molecule has 2 aromatic carbocycles. The number of carbonyl (C=O) groups is 6. The van der Waals surface area contributed by atoms with Crippen LogP contribution in [0.25, 0.3) is 0 Å². The zero-order chi connectivity index (χ0) is 43.9. The molecule has 0 spiro atoms. The van der Waals surface area contributed by atoms with E-state index in [1.807, 2.05) is 13.0 Å². The largest absolute Gasteiger partial charge is 0.497 e. The first-order chi connectivity index (χ1) is 26.0. The molecule has 57 heavy (non-hydrogen) atoms. The first kappa shape index (κ1) is 49.6. The number of benzene rings is 2. The topological polar surface area (TPSA) is 197 Å². The van der Waals surface area contributed by atoms with E-state index < -0.39 is 70.3 Å². The lowest BCUT2D eigenvalue weighted by atomic mass is 10.1. The maximum Gasteiger partial charge on any atom is 0.408 e. The first-order valence-electron chi connectivity index (χ1n) is 18.5. The Balaban J connectivity index is 0.000000570. The average molecular weight is 805 g/mol. The molecule has 0 radical (unpaired) electrons. The second-order valence-corrected chi connectivity index (χ2v) is 16.8. The summed E-state index contributed by atoms with van der Waals surface area (Å²) in [6.07, 6.45) is -0.789. The Bertz CT molecular complexity index is 1700. The number of hydrogen-bond acceptors (Lipinski definition) is 11. The van der Waals surface area contributed by atoms with Crippen molar-refractivity contribution in [3.05, 3.63) is 65.0 Å². The van der Waals surface area contributed by atoms with Gasteiger partial charge in [0.25, 0.3) is 11.8 Å². The standard InChI is InChI=1S/C21H32N2O5.C20H29FN2O6/c1-8-14-10-9-11-15(12-14)17(24)22-13-16(18(25)27-20(2,3)4)23-19(26)28-21(5,6)7;1-19(2,3)28-17(25)15(23-18(26)29-20(4,5)6)11-22-16(24)12-8-13(21)10-14(9-12)27-7/h9-12,16H,8,13H2,1-7H3,(H,22,24)(H,23,26);8-10,15H,11H2,1-7H3,(H,22,24)(H,23,26)/t16-;15-/m11/s1. The van der Waals surface area contributed by atoms with E-state index >= 15 is 0 Å². The maximum absolute atomic E-state index is 13.6. The molecule has 0 fully saturated rings. The second-order valence-electron chi connectivity index (χ2n) is 16.8. The molecule has 0 saturated heterocycles. The van der Waals surface area contributed by atoms with Gasteiger partial charge in [-0.25, -0.2) is 23.6 Å². The SMILES string of the molecule is CCc1cccc(C(=O)NC[C@@H](NC(=O)OC(C)(C)C)C(=O)OC(C)(C)C)c1.COc1cc(F)cc(C(=O)NC[C@@H](NC(=O)OC(C)(C)C)C(=O)OC(C)(C)C)c1. The Labute approximate surface area is 335 Å². The van der Waals surface area contributed by atoms with Crippen molar-refractivity contribution in [2.24, 2.45) is 0 Å². The summed E-state index contributed by atoms with van der Waals surface area (Å²) in [4.78, 5) is 73.8. The van der Waals surface area contributed by atoms with Gasteiger partial charge in [0.15, 0.2) is 0 Å². The van der Waals surface area contributed by atoms with Gasteiger partial charge in [0.1, 0.15) is 46.1 Å². The van der Waals surface area contributed by atoms with Crippen LogP contribution < -0.4 is 26.0 Å². The quantitative estimate of drug-likeness (QED) is 0.145. The van der Waals surface area contributed by atoms with Crippen LogP contribution >= 0.6 is 0 Å². The molecule has 0 aromatic heterocycles. The Morgan fingerprint density at radius 2 is 1.02 bits per heavy atom. The summed E-state index contributed by atoms with van der Waals surface area (Å²) in [6.45, 7) is 22.0. The third-order valence-electron chi connectivity index (χ3n) is 6.66. The molecule has 0 aliphatic carbocycles. The zero-order valence-corrected chi connectivity index (χ0v) is 35.7. The summed E-state index contributed by atoms with van der Waals surface area (Å²) >= 11 is 0. The third kappa shape index (κ3) is 21.5. The predicted octanol–water partition coefficient (Wildman–Crippen LogP) is 6.01. The lowest BCUT2D eigenvalue weighted by Crippen LogP contribution is -2.51. The summed E-state index contributed by atoms with van der Waals surface area (Å²) < 4.78 is 39.5.